The minimum Gasteiger partial charge on any atom is -0.481 e. The number of ether oxygens (including phenoxy) is 1. The van der Waals surface area contributed by atoms with Crippen LogP contribution in [0.3, 0.4) is 0 Å². The first kappa shape index (κ1) is 24.8. The van der Waals surface area contributed by atoms with Crippen molar-refractivity contribution in [2.75, 3.05) is 19.7 Å². The molecule has 1 saturated carbocycles. The van der Waals surface area contributed by atoms with Gasteiger partial charge in [0.15, 0.2) is 0 Å². The van der Waals surface area contributed by atoms with E-state index in [4.69, 9.17) is 9.84 Å². The van der Waals surface area contributed by atoms with Crippen molar-refractivity contribution in [2.45, 2.75) is 44.9 Å². The Bertz CT molecular complexity index is 1020. The van der Waals surface area contributed by atoms with Crippen molar-refractivity contribution >= 4 is 18.0 Å². The van der Waals surface area contributed by atoms with Gasteiger partial charge in [-0.1, -0.05) is 55.5 Å². The molecule has 3 N–H and O–H groups in total. The Hall–Kier alpha value is -3.35. The molecule has 0 saturated heterocycles. The van der Waals surface area contributed by atoms with Crippen molar-refractivity contribution in [2.24, 2.45) is 17.8 Å². The van der Waals surface area contributed by atoms with Gasteiger partial charge < -0.3 is 20.5 Å². The molecule has 7 heteroatoms. The fourth-order valence-electron chi connectivity index (χ4n) is 5.30. The van der Waals surface area contributed by atoms with Crippen molar-refractivity contribution in [1.82, 2.24) is 10.6 Å². The topological polar surface area (TPSA) is 105 Å². The number of carbonyl (C=O) groups is 3. The molecule has 0 radical (unpaired) electrons. The van der Waals surface area contributed by atoms with Crippen molar-refractivity contribution in [3.63, 3.8) is 0 Å². The van der Waals surface area contributed by atoms with E-state index in [1.807, 2.05) is 31.2 Å². The number of fused-ring (bicyclic) bond motifs is 3. The SMILES string of the molecule is CC(CNC(=O)C1CCC(CNC(=O)OCC2c3ccccc3-c3ccccc32)CC1)CC(=O)O. The molecule has 0 heterocycles. The number of benzene rings is 2. The number of aliphatic carboxylic acids is 1. The third-order valence-electron chi connectivity index (χ3n) is 7.24. The minimum atomic E-state index is -0.851. The maximum atomic E-state index is 12.4. The number of alkyl carbamates (subject to hydrolysis) is 1. The fraction of sp³-hybridized carbons (Fsp3) is 0.464. The van der Waals surface area contributed by atoms with Gasteiger partial charge in [-0.15, -0.1) is 0 Å². The summed E-state index contributed by atoms with van der Waals surface area (Å²) in [5.41, 5.74) is 4.79. The van der Waals surface area contributed by atoms with E-state index in [-0.39, 0.29) is 30.1 Å². The summed E-state index contributed by atoms with van der Waals surface area (Å²) in [6, 6.07) is 16.5. The van der Waals surface area contributed by atoms with Gasteiger partial charge in [-0.2, -0.15) is 0 Å². The third kappa shape index (κ3) is 6.21. The summed E-state index contributed by atoms with van der Waals surface area (Å²) >= 11 is 0. The summed E-state index contributed by atoms with van der Waals surface area (Å²) in [4.78, 5) is 35.6. The maximum Gasteiger partial charge on any atom is 0.407 e. The zero-order chi connectivity index (χ0) is 24.8. The van der Waals surface area contributed by atoms with E-state index >= 15 is 0 Å². The molecule has 35 heavy (non-hydrogen) atoms. The molecule has 0 aromatic heterocycles. The molecule has 2 aliphatic rings. The molecule has 2 aliphatic carbocycles. The highest BCUT2D eigenvalue weighted by molar-refractivity contribution is 5.79. The summed E-state index contributed by atoms with van der Waals surface area (Å²) in [6.45, 7) is 3.04. The van der Waals surface area contributed by atoms with Crippen LogP contribution in [0.2, 0.25) is 0 Å². The Morgan fingerprint density at radius 1 is 0.943 bits per heavy atom. The number of carbonyl (C=O) groups excluding carboxylic acids is 2. The van der Waals surface area contributed by atoms with Gasteiger partial charge in [0.25, 0.3) is 0 Å². The van der Waals surface area contributed by atoms with Gasteiger partial charge in [-0.05, 0) is 59.8 Å². The molecular formula is C28H34N2O5. The normalized spacial score (nSPS) is 19.8. The van der Waals surface area contributed by atoms with Crippen LogP contribution in [0.1, 0.15) is 56.1 Å². The Morgan fingerprint density at radius 3 is 2.14 bits per heavy atom. The van der Waals surface area contributed by atoms with Gasteiger partial charge in [0.1, 0.15) is 6.61 Å². The second kappa shape index (κ2) is 11.4. The second-order valence-electron chi connectivity index (χ2n) is 9.87. The summed E-state index contributed by atoms with van der Waals surface area (Å²) in [7, 11) is 0. The van der Waals surface area contributed by atoms with Crippen LogP contribution in [0, 0.1) is 17.8 Å². The Kier molecular flexibility index (Phi) is 8.06. The summed E-state index contributed by atoms with van der Waals surface area (Å²) in [6.07, 6.45) is 2.93. The molecule has 186 valence electrons. The number of hydrogen-bond donors (Lipinski definition) is 3. The van der Waals surface area contributed by atoms with Crippen molar-refractivity contribution < 1.29 is 24.2 Å². The Labute approximate surface area is 206 Å². The molecule has 1 unspecified atom stereocenters. The molecule has 0 spiro atoms. The maximum absolute atomic E-state index is 12.4. The fourth-order valence-corrected chi connectivity index (χ4v) is 5.30. The largest absolute Gasteiger partial charge is 0.481 e. The predicted molar refractivity (Wildman–Crippen MR) is 133 cm³/mol. The monoisotopic (exact) mass is 478 g/mol. The highest BCUT2D eigenvalue weighted by Crippen LogP contribution is 2.44. The van der Waals surface area contributed by atoms with Gasteiger partial charge in [0.2, 0.25) is 5.91 Å². The van der Waals surface area contributed by atoms with Crippen LogP contribution in [0.4, 0.5) is 4.79 Å². The lowest BCUT2D eigenvalue weighted by Crippen LogP contribution is -2.38. The average Bonchev–Trinajstić information content (AvgIpc) is 3.18. The number of carboxylic acids is 1. The number of amides is 2. The van der Waals surface area contributed by atoms with E-state index in [1.54, 1.807) is 0 Å². The molecule has 7 nitrogen and oxygen atoms in total. The van der Waals surface area contributed by atoms with E-state index in [9.17, 15) is 14.4 Å². The standard InChI is InChI=1S/C28H34N2O5/c1-18(14-26(31)32)15-29-27(33)20-12-10-19(11-13-20)16-30-28(34)35-17-25-23-8-4-2-6-21(23)22-7-3-5-9-24(22)25/h2-9,18-20,25H,10-17H2,1H3,(H,29,33)(H,30,34)(H,31,32). The third-order valence-corrected chi connectivity index (χ3v) is 7.24. The molecule has 2 aromatic rings. The van der Waals surface area contributed by atoms with Crippen LogP contribution in [-0.4, -0.2) is 42.8 Å². The zero-order valence-corrected chi connectivity index (χ0v) is 20.2. The average molecular weight is 479 g/mol. The number of hydrogen-bond acceptors (Lipinski definition) is 4. The van der Waals surface area contributed by atoms with Crippen LogP contribution in [-0.2, 0) is 14.3 Å². The van der Waals surface area contributed by atoms with Gasteiger partial charge in [-0.25, -0.2) is 4.79 Å². The zero-order valence-electron chi connectivity index (χ0n) is 20.2. The first-order valence-electron chi connectivity index (χ1n) is 12.5. The molecule has 1 atom stereocenters. The lowest BCUT2D eigenvalue weighted by Gasteiger charge is -2.28. The highest BCUT2D eigenvalue weighted by Gasteiger charge is 2.30. The van der Waals surface area contributed by atoms with Crippen LogP contribution < -0.4 is 10.6 Å². The van der Waals surface area contributed by atoms with Crippen LogP contribution in [0.5, 0.6) is 0 Å². The van der Waals surface area contributed by atoms with Crippen LogP contribution >= 0.6 is 0 Å². The quantitative estimate of drug-likeness (QED) is 0.490. The lowest BCUT2D eigenvalue weighted by molar-refractivity contribution is -0.138. The van der Waals surface area contributed by atoms with E-state index in [0.29, 0.717) is 25.6 Å². The highest BCUT2D eigenvalue weighted by atomic mass is 16.5. The van der Waals surface area contributed by atoms with Gasteiger partial charge in [0.05, 0.1) is 0 Å². The lowest BCUT2D eigenvalue weighted by atomic mass is 9.81. The summed E-state index contributed by atoms with van der Waals surface area (Å²) in [5.74, 6) is -0.612. The molecule has 2 aromatic carbocycles. The summed E-state index contributed by atoms with van der Waals surface area (Å²) in [5, 5.41) is 14.6. The Morgan fingerprint density at radius 2 is 1.54 bits per heavy atom. The number of rotatable bonds is 9. The molecular weight excluding hydrogens is 444 g/mol. The van der Waals surface area contributed by atoms with Gasteiger partial charge in [0, 0.05) is 31.3 Å². The van der Waals surface area contributed by atoms with E-state index in [2.05, 4.69) is 34.9 Å². The summed E-state index contributed by atoms with van der Waals surface area (Å²) < 4.78 is 5.62. The van der Waals surface area contributed by atoms with E-state index < -0.39 is 12.1 Å². The van der Waals surface area contributed by atoms with Crippen LogP contribution in [0.25, 0.3) is 11.1 Å². The van der Waals surface area contributed by atoms with Crippen LogP contribution in [0.15, 0.2) is 48.5 Å². The number of carboxylic acid groups (broad SMARTS) is 1. The molecule has 4 rings (SSSR count). The molecule has 1 fully saturated rings. The first-order valence-corrected chi connectivity index (χ1v) is 12.5. The first-order chi connectivity index (χ1) is 16.9. The van der Waals surface area contributed by atoms with E-state index in [0.717, 1.165) is 25.7 Å². The Balaban J connectivity index is 1.18. The molecule has 0 aliphatic heterocycles. The number of nitrogens with one attached hydrogen (secondary N) is 2. The van der Waals surface area contributed by atoms with Crippen molar-refractivity contribution in [1.29, 1.82) is 0 Å². The minimum absolute atomic E-state index is 0.00480. The van der Waals surface area contributed by atoms with Gasteiger partial charge in [-0.3, -0.25) is 9.59 Å². The van der Waals surface area contributed by atoms with Crippen molar-refractivity contribution in [3.05, 3.63) is 59.7 Å². The second-order valence-corrected chi connectivity index (χ2v) is 9.87. The van der Waals surface area contributed by atoms with Gasteiger partial charge >= 0.3 is 12.1 Å². The molecule has 2 amide bonds. The predicted octanol–water partition coefficient (Wildman–Crippen LogP) is 4.56. The van der Waals surface area contributed by atoms with Crippen molar-refractivity contribution in [3.8, 4) is 11.1 Å². The smallest absolute Gasteiger partial charge is 0.407 e. The van der Waals surface area contributed by atoms with E-state index in [1.165, 1.54) is 22.3 Å². The molecule has 0 bridgehead atoms.